The number of ether oxygens (including phenoxy) is 2. The number of hydrogen-bond donors (Lipinski definition) is 1. The van der Waals surface area contributed by atoms with Crippen molar-refractivity contribution in [3.63, 3.8) is 0 Å². The summed E-state index contributed by atoms with van der Waals surface area (Å²) in [7, 11) is 1.61. The average Bonchev–Trinajstić information content (AvgIpc) is 2.66. The van der Waals surface area contributed by atoms with Crippen LogP contribution in [0.4, 0.5) is 0 Å². The Kier molecular flexibility index (Phi) is 7.50. The summed E-state index contributed by atoms with van der Waals surface area (Å²) in [5.74, 6) is 0.112. The summed E-state index contributed by atoms with van der Waals surface area (Å²) in [5, 5.41) is 2.74. The van der Waals surface area contributed by atoms with Crippen molar-refractivity contribution in [3.8, 4) is 5.75 Å². The molecule has 0 bridgehead atoms. The number of methoxy groups -OCH3 is 1. The van der Waals surface area contributed by atoms with Gasteiger partial charge in [0.2, 0.25) is 0 Å². The molecule has 2 aromatic rings. The molecule has 1 amide bonds. The molecular weight excluding hydrogens is 318 g/mol. The maximum Gasteiger partial charge on any atom is 0.306 e. The van der Waals surface area contributed by atoms with Gasteiger partial charge in [0.25, 0.3) is 5.91 Å². The van der Waals surface area contributed by atoms with Gasteiger partial charge >= 0.3 is 5.97 Å². The van der Waals surface area contributed by atoms with Crippen molar-refractivity contribution in [1.82, 2.24) is 5.32 Å². The van der Waals surface area contributed by atoms with Gasteiger partial charge in [0.05, 0.1) is 7.11 Å². The lowest BCUT2D eigenvalue weighted by Crippen LogP contribution is -2.30. The third-order valence-electron chi connectivity index (χ3n) is 3.72. The minimum Gasteiger partial charge on any atom is -0.497 e. The van der Waals surface area contributed by atoms with E-state index >= 15 is 0 Å². The van der Waals surface area contributed by atoms with Crippen molar-refractivity contribution in [2.45, 2.75) is 19.3 Å². The molecule has 0 saturated carbocycles. The fourth-order valence-electron chi connectivity index (χ4n) is 2.30. The molecule has 5 nitrogen and oxygen atoms in total. The number of benzene rings is 2. The van der Waals surface area contributed by atoms with Gasteiger partial charge in [0.15, 0.2) is 6.61 Å². The Morgan fingerprint density at radius 3 is 2.28 bits per heavy atom. The molecule has 25 heavy (non-hydrogen) atoms. The first-order valence-corrected chi connectivity index (χ1v) is 8.26. The first-order valence-electron chi connectivity index (χ1n) is 8.26. The van der Waals surface area contributed by atoms with E-state index in [4.69, 9.17) is 9.47 Å². The molecule has 0 aliphatic rings. The van der Waals surface area contributed by atoms with E-state index in [1.165, 1.54) is 0 Å². The second-order valence-electron chi connectivity index (χ2n) is 5.59. The normalized spacial score (nSPS) is 10.1. The maximum atomic E-state index is 11.7. The van der Waals surface area contributed by atoms with Gasteiger partial charge in [-0.3, -0.25) is 9.59 Å². The number of rotatable bonds is 9. The van der Waals surface area contributed by atoms with Gasteiger partial charge in [-0.15, -0.1) is 0 Å². The van der Waals surface area contributed by atoms with Gasteiger partial charge in [0.1, 0.15) is 5.75 Å². The summed E-state index contributed by atoms with van der Waals surface area (Å²) in [6.07, 6.45) is 1.56. The third kappa shape index (κ3) is 7.08. The molecule has 0 aromatic heterocycles. The molecule has 0 fully saturated rings. The van der Waals surface area contributed by atoms with E-state index in [1.54, 1.807) is 7.11 Å². The smallest absolute Gasteiger partial charge is 0.306 e. The van der Waals surface area contributed by atoms with E-state index in [0.29, 0.717) is 13.0 Å². The van der Waals surface area contributed by atoms with E-state index in [0.717, 1.165) is 23.3 Å². The van der Waals surface area contributed by atoms with Gasteiger partial charge in [-0.25, -0.2) is 0 Å². The van der Waals surface area contributed by atoms with Crippen LogP contribution in [0, 0.1) is 0 Å². The quantitative estimate of drug-likeness (QED) is 0.712. The predicted molar refractivity (Wildman–Crippen MR) is 95.4 cm³/mol. The number of carbonyl (C=O) groups is 2. The maximum absolute atomic E-state index is 11.7. The SMILES string of the molecule is COc1ccc(CCC(=O)OCC(=O)NCCc2ccccc2)cc1. The molecule has 0 aliphatic carbocycles. The Morgan fingerprint density at radius 2 is 1.60 bits per heavy atom. The Balaban J connectivity index is 1.59. The predicted octanol–water partition coefficient (Wildman–Crippen LogP) is 2.53. The summed E-state index contributed by atoms with van der Waals surface area (Å²) in [5.41, 5.74) is 2.17. The summed E-state index contributed by atoms with van der Waals surface area (Å²) in [6.45, 7) is 0.280. The van der Waals surface area contributed by atoms with Crippen molar-refractivity contribution in [2.75, 3.05) is 20.3 Å². The molecule has 0 aliphatic heterocycles. The Morgan fingerprint density at radius 1 is 0.920 bits per heavy atom. The van der Waals surface area contributed by atoms with Crippen LogP contribution in [0.3, 0.4) is 0 Å². The van der Waals surface area contributed by atoms with Crippen molar-refractivity contribution in [3.05, 3.63) is 65.7 Å². The molecular formula is C20H23NO4. The molecule has 0 heterocycles. The average molecular weight is 341 g/mol. The van der Waals surface area contributed by atoms with Gasteiger partial charge < -0.3 is 14.8 Å². The van der Waals surface area contributed by atoms with Crippen LogP contribution >= 0.6 is 0 Å². The lowest BCUT2D eigenvalue weighted by molar-refractivity contribution is -0.148. The van der Waals surface area contributed by atoms with E-state index in [-0.39, 0.29) is 24.9 Å². The monoisotopic (exact) mass is 341 g/mol. The standard InChI is InChI=1S/C20H23NO4/c1-24-18-10-7-17(8-11-18)9-12-20(23)25-15-19(22)21-14-13-16-5-3-2-4-6-16/h2-8,10-11H,9,12-15H2,1H3,(H,21,22). The number of nitrogens with one attached hydrogen (secondary N) is 1. The van der Waals surface area contributed by atoms with Crippen molar-refractivity contribution in [1.29, 1.82) is 0 Å². The Bertz CT molecular complexity index is 668. The summed E-state index contributed by atoms with van der Waals surface area (Å²) in [6, 6.07) is 17.4. The number of carbonyl (C=O) groups excluding carboxylic acids is 2. The highest BCUT2D eigenvalue weighted by molar-refractivity contribution is 5.80. The zero-order valence-electron chi connectivity index (χ0n) is 14.4. The van der Waals surface area contributed by atoms with Gasteiger partial charge in [-0.05, 0) is 36.1 Å². The second-order valence-corrected chi connectivity index (χ2v) is 5.59. The Labute approximate surface area is 148 Å². The lowest BCUT2D eigenvalue weighted by atomic mass is 10.1. The molecule has 2 aromatic carbocycles. The van der Waals surface area contributed by atoms with Crippen LogP contribution in [-0.4, -0.2) is 32.1 Å². The zero-order valence-corrected chi connectivity index (χ0v) is 14.4. The molecule has 2 rings (SSSR count). The first-order chi connectivity index (χ1) is 12.2. The fraction of sp³-hybridized carbons (Fsp3) is 0.300. The van der Waals surface area contributed by atoms with Crippen LogP contribution in [0.1, 0.15) is 17.5 Å². The molecule has 5 heteroatoms. The number of hydrogen-bond acceptors (Lipinski definition) is 4. The molecule has 0 saturated heterocycles. The van der Waals surface area contributed by atoms with Crippen molar-refractivity contribution in [2.24, 2.45) is 0 Å². The molecule has 0 radical (unpaired) electrons. The third-order valence-corrected chi connectivity index (χ3v) is 3.72. The van der Waals surface area contributed by atoms with Crippen LogP contribution in [0.5, 0.6) is 5.75 Å². The Hall–Kier alpha value is -2.82. The second kappa shape index (κ2) is 10.1. The van der Waals surface area contributed by atoms with Gasteiger partial charge in [-0.1, -0.05) is 42.5 Å². The fourth-order valence-corrected chi connectivity index (χ4v) is 2.30. The van der Waals surface area contributed by atoms with Crippen LogP contribution in [0.15, 0.2) is 54.6 Å². The van der Waals surface area contributed by atoms with Crippen LogP contribution in [0.2, 0.25) is 0 Å². The summed E-state index contributed by atoms with van der Waals surface area (Å²) < 4.78 is 10.1. The van der Waals surface area contributed by atoms with E-state index < -0.39 is 0 Å². The number of aryl methyl sites for hydroxylation is 1. The molecule has 0 spiro atoms. The summed E-state index contributed by atoms with van der Waals surface area (Å²) >= 11 is 0. The molecule has 1 N–H and O–H groups in total. The molecule has 0 atom stereocenters. The lowest BCUT2D eigenvalue weighted by Gasteiger charge is -2.07. The highest BCUT2D eigenvalue weighted by Crippen LogP contribution is 2.12. The number of amides is 1. The zero-order chi connectivity index (χ0) is 17.9. The van der Waals surface area contributed by atoms with Crippen LogP contribution in [-0.2, 0) is 27.2 Å². The summed E-state index contributed by atoms with van der Waals surface area (Å²) in [4.78, 5) is 23.4. The van der Waals surface area contributed by atoms with Crippen LogP contribution in [0.25, 0.3) is 0 Å². The number of esters is 1. The van der Waals surface area contributed by atoms with Gasteiger partial charge in [0, 0.05) is 13.0 Å². The minimum atomic E-state index is -0.381. The van der Waals surface area contributed by atoms with E-state index in [9.17, 15) is 9.59 Å². The first kappa shape index (κ1) is 18.5. The largest absolute Gasteiger partial charge is 0.497 e. The molecule has 0 unspecified atom stereocenters. The highest BCUT2D eigenvalue weighted by atomic mass is 16.5. The van der Waals surface area contributed by atoms with E-state index in [2.05, 4.69) is 5.32 Å². The van der Waals surface area contributed by atoms with Crippen LogP contribution < -0.4 is 10.1 Å². The van der Waals surface area contributed by atoms with E-state index in [1.807, 2.05) is 54.6 Å². The van der Waals surface area contributed by atoms with Crippen molar-refractivity contribution >= 4 is 11.9 Å². The highest BCUT2D eigenvalue weighted by Gasteiger charge is 2.08. The minimum absolute atomic E-state index is 0.240. The molecule has 132 valence electrons. The van der Waals surface area contributed by atoms with Crippen molar-refractivity contribution < 1.29 is 19.1 Å². The topological polar surface area (TPSA) is 64.6 Å². The van der Waals surface area contributed by atoms with Gasteiger partial charge in [-0.2, -0.15) is 0 Å².